The molecule has 2 aromatic rings. The number of amides is 1. The van der Waals surface area contributed by atoms with Gasteiger partial charge in [-0.3, -0.25) is 4.79 Å². The van der Waals surface area contributed by atoms with Crippen LogP contribution in [0.1, 0.15) is 22.2 Å². The van der Waals surface area contributed by atoms with Crippen LogP contribution >= 0.6 is 11.3 Å². The molecule has 0 spiro atoms. The normalized spacial score (nSPS) is 12.1. The second-order valence-corrected chi connectivity index (χ2v) is 5.99. The van der Waals surface area contributed by atoms with Gasteiger partial charge in [0.15, 0.2) is 0 Å². The molecule has 4 heteroatoms. The molecule has 0 aliphatic heterocycles. The van der Waals surface area contributed by atoms with E-state index in [1.807, 2.05) is 30.3 Å². The fourth-order valence-electron chi connectivity index (χ4n) is 1.97. The molecule has 1 heterocycles. The summed E-state index contributed by atoms with van der Waals surface area (Å²) in [6, 6.07) is 13.5. The average molecular weight is 288 g/mol. The minimum atomic E-state index is -0.497. The zero-order chi connectivity index (χ0) is 14.4. The van der Waals surface area contributed by atoms with E-state index >= 15 is 0 Å². The fourth-order valence-corrected chi connectivity index (χ4v) is 2.87. The summed E-state index contributed by atoms with van der Waals surface area (Å²) in [5.41, 5.74) is 7.02. The van der Waals surface area contributed by atoms with Crippen LogP contribution in [0.4, 0.5) is 0 Å². The third kappa shape index (κ3) is 4.18. The Labute approximate surface area is 123 Å². The molecule has 0 saturated heterocycles. The van der Waals surface area contributed by atoms with Crippen LogP contribution in [0, 0.1) is 0 Å². The van der Waals surface area contributed by atoms with Crippen LogP contribution in [0.2, 0.25) is 0 Å². The zero-order valence-electron chi connectivity index (χ0n) is 11.6. The summed E-state index contributed by atoms with van der Waals surface area (Å²) in [6.45, 7) is 2.69. The van der Waals surface area contributed by atoms with Crippen LogP contribution in [0.15, 0.2) is 42.5 Å². The number of rotatable bonds is 6. The molecule has 1 amide bonds. The third-order valence-corrected chi connectivity index (χ3v) is 4.37. The van der Waals surface area contributed by atoms with Gasteiger partial charge in [0.05, 0.1) is 12.6 Å². The van der Waals surface area contributed by atoms with Crippen LogP contribution in [0.5, 0.6) is 0 Å². The molecule has 1 aromatic heterocycles. The number of nitrogens with one attached hydrogen (secondary N) is 1. The molecular formula is C16H20N2OS. The summed E-state index contributed by atoms with van der Waals surface area (Å²) in [4.78, 5) is 14.5. The minimum absolute atomic E-state index is 0.0969. The van der Waals surface area contributed by atoms with Crippen molar-refractivity contribution in [1.82, 2.24) is 5.32 Å². The first-order chi connectivity index (χ1) is 9.69. The maximum atomic E-state index is 12.0. The van der Waals surface area contributed by atoms with Crippen molar-refractivity contribution in [3.63, 3.8) is 0 Å². The summed E-state index contributed by atoms with van der Waals surface area (Å²) in [5.74, 6) is -0.0969. The summed E-state index contributed by atoms with van der Waals surface area (Å²) in [6.07, 6.45) is 1.60. The van der Waals surface area contributed by atoms with Crippen molar-refractivity contribution in [2.75, 3.05) is 0 Å². The first-order valence-corrected chi connectivity index (χ1v) is 7.65. The number of benzene rings is 1. The molecule has 0 fully saturated rings. The Morgan fingerprint density at radius 2 is 1.90 bits per heavy atom. The summed E-state index contributed by atoms with van der Waals surface area (Å²) >= 11 is 1.74. The van der Waals surface area contributed by atoms with Gasteiger partial charge in [0.1, 0.15) is 0 Å². The maximum Gasteiger partial charge on any atom is 0.237 e. The topological polar surface area (TPSA) is 55.1 Å². The van der Waals surface area contributed by atoms with E-state index in [2.05, 4.69) is 24.4 Å². The number of hydrogen-bond acceptors (Lipinski definition) is 3. The lowest BCUT2D eigenvalue weighted by atomic mass is 10.1. The zero-order valence-corrected chi connectivity index (χ0v) is 12.5. The van der Waals surface area contributed by atoms with Gasteiger partial charge in [-0.25, -0.2) is 0 Å². The smallest absolute Gasteiger partial charge is 0.237 e. The van der Waals surface area contributed by atoms with E-state index in [-0.39, 0.29) is 5.91 Å². The SMILES string of the molecule is CCc1ccc(CNC(=O)[C@@H](N)Cc2ccccc2)s1. The highest BCUT2D eigenvalue weighted by molar-refractivity contribution is 7.11. The lowest BCUT2D eigenvalue weighted by molar-refractivity contribution is -0.122. The Hall–Kier alpha value is -1.65. The Morgan fingerprint density at radius 1 is 1.20 bits per heavy atom. The van der Waals surface area contributed by atoms with Gasteiger partial charge in [0, 0.05) is 9.75 Å². The molecule has 20 heavy (non-hydrogen) atoms. The average Bonchev–Trinajstić information content (AvgIpc) is 2.93. The summed E-state index contributed by atoms with van der Waals surface area (Å²) in [5, 5.41) is 2.90. The predicted molar refractivity (Wildman–Crippen MR) is 83.7 cm³/mol. The van der Waals surface area contributed by atoms with Gasteiger partial charge in [0.2, 0.25) is 5.91 Å². The van der Waals surface area contributed by atoms with Crippen molar-refractivity contribution in [2.24, 2.45) is 5.73 Å². The van der Waals surface area contributed by atoms with Crippen LogP contribution < -0.4 is 11.1 Å². The molecule has 106 valence electrons. The number of nitrogens with two attached hydrogens (primary N) is 1. The first-order valence-electron chi connectivity index (χ1n) is 6.84. The van der Waals surface area contributed by atoms with E-state index in [1.165, 1.54) is 9.75 Å². The van der Waals surface area contributed by atoms with Crippen molar-refractivity contribution in [1.29, 1.82) is 0 Å². The van der Waals surface area contributed by atoms with Gasteiger partial charge in [0.25, 0.3) is 0 Å². The Bertz CT molecular complexity index is 551. The van der Waals surface area contributed by atoms with E-state index < -0.39 is 6.04 Å². The standard InChI is InChI=1S/C16H20N2OS/c1-2-13-8-9-14(20-13)11-18-16(19)15(17)10-12-6-4-3-5-7-12/h3-9,15H,2,10-11,17H2,1H3,(H,18,19)/t15-/m0/s1. The molecule has 0 bridgehead atoms. The van der Waals surface area contributed by atoms with E-state index in [9.17, 15) is 4.79 Å². The lowest BCUT2D eigenvalue weighted by Crippen LogP contribution is -2.41. The number of hydrogen-bond donors (Lipinski definition) is 2. The maximum absolute atomic E-state index is 12.0. The monoisotopic (exact) mass is 288 g/mol. The van der Waals surface area contributed by atoms with Crippen molar-refractivity contribution in [2.45, 2.75) is 32.4 Å². The van der Waals surface area contributed by atoms with E-state index in [4.69, 9.17) is 5.73 Å². The van der Waals surface area contributed by atoms with Crippen molar-refractivity contribution in [3.8, 4) is 0 Å². The highest BCUT2D eigenvalue weighted by atomic mass is 32.1. The molecule has 0 aliphatic rings. The number of carbonyl (C=O) groups excluding carboxylic acids is 1. The van der Waals surface area contributed by atoms with Crippen LogP contribution in [0.3, 0.4) is 0 Å². The lowest BCUT2D eigenvalue weighted by Gasteiger charge is -2.11. The highest BCUT2D eigenvalue weighted by Crippen LogP contribution is 2.16. The highest BCUT2D eigenvalue weighted by Gasteiger charge is 2.13. The Balaban J connectivity index is 1.82. The minimum Gasteiger partial charge on any atom is -0.350 e. The molecule has 1 atom stereocenters. The molecular weight excluding hydrogens is 268 g/mol. The largest absolute Gasteiger partial charge is 0.350 e. The van der Waals surface area contributed by atoms with Crippen LogP contribution in [0.25, 0.3) is 0 Å². The Morgan fingerprint density at radius 3 is 2.55 bits per heavy atom. The second kappa shape index (κ2) is 7.22. The molecule has 0 radical (unpaired) electrons. The molecule has 2 rings (SSSR count). The fraction of sp³-hybridized carbons (Fsp3) is 0.312. The van der Waals surface area contributed by atoms with Gasteiger partial charge in [-0.1, -0.05) is 37.3 Å². The Kier molecular flexibility index (Phi) is 5.32. The number of aryl methyl sites for hydroxylation is 1. The number of thiophene rings is 1. The van der Waals surface area contributed by atoms with Crippen molar-refractivity contribution < 1.29 is 4.79 Å². The molecule has 3 nitrogen and oxygen atoms in total. The van der Waals surface area contributed by atoms with Crippen molar-refractivity contribution in [3.05, 3.63) is 57.8 Å². The molecule has 0 aliphatic carbocycles. The van der Waals surface area contributed by atoms with E-state index in [0.29, 0.717) is 13.0 Å². The first kappa shape index (κ1) is 14.8. The van der Waals surface area contributed by atoms with Gasteiger partial charge in [-0.05, 0) is 30.5 Å². The second-order valence-electron chi connectivity index (χ2n) is 4.74. The van der Waals surface area contributed by atoms with Crippen molar-refractivity contribution >= 4 is 17.2 Å². The molecule has 0 unspecified atom stereocenters. The molecule has 1 aromatic carbocycles. The van der Waals surface area contributed by atoms with Gasteiger partial charge in [-0.15, -0.1) is 11.3 Å². The van der Waals surface area contributed by atoms with Gasteiger partial charge < -0.3 is 11.1 Å². The number of carbonyl (C=O) groups is 1. The predicted octanol–water partition coefficient (Wildman–Crippen LogP) is 2.50. The molecule has 3 N–H and O–H groups in total. The summed E-state index contributed by atoms with van der Waals surface area (Å²) < 4.78 is 0. The third-order valence-electron chi connectivity index (χ3n) is 3.14. The quantitative estimate of drug-likeness (QED) is 0.858. The van der Waals surface area contributed by atoms with Gasteiger partial charge in [-0.2, -0.15) is 0 Å². The summed E-state index contributed by atoms with van der Waals surface area (Å²) in [7, 11) is 0. The van der Waals surface area contributed by atoms with Crippen LogP contribution in [-0.4, -0.2) is 11.9 Å². The van der Waals surface area contributed by atoms with E-state index in [1.54, 1.807) is 11.3 Å². The molecule has 0 saturated carbocycles. The van der Waals surface area contributed by atoms with Crippen LogP contribution in [-0.2, 0) is 24.2 Å². The van der Waals surface area contributed by atoms with E-state index in [0.717, 1.165) is 12.0 Å². The van der Waals surface area contributed by atoms with Gasteiger partial charge >= 0.3 is 0 Å².